The van der Waals surface area contributed by atoms with E-state index in [-0.39, 0.29) is 11.9 Å². The molecule has 0 aliphatic carbocycles. The Hall–Kier alpha value is -2.07. The molecule has 1 aliphatic heterocycles. The summed E-state index contributed by atoms with van der Waals surface area (Å²) in [5.74, 6) is 0.0182. The molecular formula is C17H21N3O. The first-order chi connectivity index (χ1) is 10.3. The predicted molar refractivity (Wildman–Crippen MR) is 83.3 cm³/mol. The molecule has 3 rings (SSSR count). The standard InChI is InChI=1S/C17H21N3O/c21-17(19-15-8-4-10-18-12-15)16-9-5-11-20(16)13-14-6-2-1-3-7-14/h1-3,5-7,9,11,15,18H,4,8,10,12-13H2,(H,19,21). The van der Waals surface area contributed by atoms with Gasteiger partial charge in [0.05, 0.1) is 0 Å². The molecule has 0 saturated carbocycles. The monoisotopic (exact) mass is 283 g/mol. The van der Waals surface area contributed by atoms with Crippen LogP contribution in [0.2, 0.25) is 0 Å². The van der Waals surface area contributed by atoms with E-state index in [0.717, 1.165) is 38.2 Å². The fraction of sp³-hybridized carbons (Fsp3) is 0.353. The van der Waals surface area contributed by atoms with Crippen LogP contribution >= 0.6 is 0 Å². The summed E-state index contributed by atoms with van der Waals surface area (Å²) in [6, 6.07) is 14.2. The van der Waals surface area contributed by atoms with E-state index in [2.05, 4.69) is 22.8 Å². The molecule has 1 aromatic carbocycles. The fourth-order valence-electron chi connectivity index (χ4n) is 2.77. The van der Waals surface area contributed by atoms with Crippen molar-refractivity contribution in [3.8, 4) is 0 Å². The first-order valence-corrected chi connectivity index (χ1v) is 7.53. The summed E-state index contributed by atoms with van der Waals surface area (Å²) in [6.07, 6.45) is 4.13. The number of amides is 1. The highest BCUT2D eigenvalue weighted by Crippen LogP contribution is 2.09. The molecule has 2 heterocycles. The maximum absolute atomic E-state index is 12.4. The van der Waals surface area contributed by atoms with Gasteiger partial charge in [-0.15, -0.1) is 0 Å². The Morgan fingerprint density at radius 3 is 2.86 bits per heavy atom. The number of benzene rings is 1. The molecule has 1 fully saturated rings. The number of aromatic nitrogens is 1. The van der Waals surface area contributed by atoms with Crippen LogP contribution in [0.5, 0.6) is 0 Å². The Bertz CT molecular complexity index is 585. The first kappa shape index (κ1) is 13.9. The molecule has 1 atom stereocenters. The van der Waals surface area contributed by atoms with Gasteiger partial charge in [-0.2, -0.15) is 0 Å². The summed E-state index contributed by atoms with van der Waals surface area (Å²) in [5.41, 5.74) is 1.92. The lowest BCUT2D eigenvalue weighted by Gasteiger charge is -2.24. The Morgan fingerprint density at radius 2 is 2.10 bits per heavy atom. The molecule has 1 aliphatic rings. The van der Waals surface area contributed by atoms with Crippen molar-refractivity contribution in [1.29, 1.82) is 0 Å². The molecule has 0 radical (unpaired) electrons. The van der Waals surface area contributed by atoms with Crippen LogP contribution in [-0.2, 0) is 6.54 Å². The number of carbonyl (C=O) groups excluding carboxylic acids is 1. The van der Waals surface area contributed by atoms with Gasteiger partial charge in [0.25, 0.3) is 5.91 Å². The minimum Gasteiger partial charge on any atom is -0.347 e. The van der Waals surface area contributed by atoms with Crippen molar-refractivity contribution in [1.82, 2.24) is 15.2 Å². The largest absolute Gasteiger partial charge is 0.347 e. The van der Waals surface area contributed by atoms with E-state index < -0.39 is 0 Å². The second-order valence-electron chi connectivity index (χ2n) is 5.52. The van der Waals surface area contributed by atoms with Gasteiger partial charge < -0.3 is 15.2 Å². The topological polar surface area (TPSA) is 46.1 Å². The number of hydrogen-bond donors (Lipinski definition) is 2. The summed E-state index contributed by atoms with van der Waals surface area (Å²) < 4.78 is 2.00. The molecule has 0 spiro atoms. The smallest absolute Gasteiger partial charge is 0.268 e. The van der Waals surface area contributed by atoms with Crippen LogP contribution < -0.4 is 10.6 Å². The lowest BCUT2D eigenvalue weighted by Crippen LogP contribution is -2.46. The van der Waals surface area contributed by atoms with Crippen LogP contribution in [0.25, 0.3) is 0 Å². The van der Waals surface area contributed by atoms with Crippen molar-refractivity contribution in [3.05, 3.63) is 59.9 Å². The molecule has 110 valence electrons. The quantitative estimate of drug-likeness (QED) is 0.902. The van der Waals surface area contributed by atoms with Gasteiger partial charge in [-0.3, -0.25) is 4.79 Å². The van der Waals surface area contributed by atoms with Gasteiger partial charge in [0, 0.05) is 25.3 Å². The fourth-order valence-corrected chi connectivity index (χ4v) is 2.77. The Morgan fingerprint density at radius 1 is 1.24 bits per heavy atom. The first-order valence-electron chi connectivity index (χ1n) is 7.53. The minimum atomic E-state index is 0.0182. The van der Waals surface area contributed by atoms with Crippen LogP contribution in [0.4, 0.5) is 0 Å². The van der Waals surface area contributed by atoms with E-state index in [1.165, 1.54) is 5.56 Å². The maximum atomic E-state index is 12.4. The molecule has 21 heavy (non-hydrogen) atoms. The number of piperidine rings is 1. The van der Waals surface area contributed by atoms with Crippen LogP contribution in [0.3, 0.4) is 0 Å². The third-order valence-electron chi connectivity index (χ3n) is 3.89. The van der Waals surface area contributed by atoms with Crippen molar-refractivity contribution in [2.45, 2.75) is 25.4 Å². The van der Waals surface area contributed by atoms with Gasteiger partial charge in [-0.05, 0) is 37.1 Å². The molecule has 1 saturated heterocycles. The van der Waals surface area contributed by atoms with Gasteiger partial charge in [0.2, 0.25) is 0 Å². The number of carbonyl (C=O) groups is 1. The number of nitrogens with one attached hydrogen (secondary N) is 2. The number of rotatable bonds is 4. The Kier molecular flexibility index (Phi) is 4.36. The molecule has 4 nitrogen and oxygen atoms in total. The van der Waals surface area contributed by atoms with E-state index in [9.17, 15) is 4.79 Å². The van der Waals surface area contributed by atoms with Crippen molar-refractivity contribution in [2.75, 3.05) is 13.1 Å². The summed E-state index contributed by atoms with van der Waals surface area (Å²) >= 11 is 0. The average Bonchev–Trinajstić information content (AvgIpc) is 2.97. The molecule has 2 aromatic rings. The van der Waals surface area contributed by atoms with Gasteiger partial charge in [0.15, 0.2) is 0 Å². The van der Waals surface area contributed by atoms with Crippen LogP contribution in [0, 0.1) is 0 Å². The van der Waals surface area contributed by atoms with E-state index in [1.807, 2.05) is 41.1 Å². The Labute approximate surface area is 125 Å². The number of nitrogens with zero attached hydrogens (tertiary/aromatic N) is 1. The zero-order chi connectivity index (χ0) is 14.5. The van der Waals surface area contributed by atoms with Gasteiger partial charge in [-0.25, -0.2) is 0 Å². The van der Waals surface area contributed by atoms with Crippen LogP contribution in [-0.4, -0.2) is 29.6 Å². The van der Waals surface area contributed by atoms with Crippen LogP contribution in [0.15, 0.2) is 48.7 Å². The second kappa shape index (κ2) is 6.59. The van der Waals surface area contributed by atoms with Crippen molar-refractivity contribution >= 4 is 5.91 Å². The number of hydrogen-bond acceptors (Lipinski definition) is 2. The van der Waals surface area contributed by atoms with Crippen molar-refractivity contribution < 1.29 is 4.79 Å². The molecule has 4 heteroatoms. The highest BCUT2D eigenvalue weighted by Gasteiger charge is 2.18. The average molecular weight is 283 g/mol. The molecule has 2 N–H and O–H groups in total. The molecule has 1 amide bonds. The van der Waals surface area contributed by atoms with Gasteiger partial charge >= 0.3 is 0 Å². The van der Waals surface area contributed by atoms with Crippen LogP contribution in [0.1, 0.15) is 28.9 Å². The summed E-state index contributed by atoms with van der Waals surface area (Å²) in [5, 5.41) is 6.44. The molecular weight excluding hydrogens is 262 g/mol. The summed E-state index contributed by atoms with van der Waals surface area (Å²) in [4.78, 5) is 12.4. The SMILES string of the molecule is O=C(NC1CCCNC1)c1cccn1Cc1ccccc1. The lowest BCUT2D eigenvalue weighted by molar-refractivity contribution is 0.0921. The van der Waals surface area contributed by atoms with E-state index >= 15 is 0 Å². The maximum Gasteiger partial charge on any atom is 0.268 e. The third kappa shape index (κ3) is 3.52. The highest BCUT2D eigenvalue weighted by molar-refractivity contribution is 5.93. The van der Waals surface area contributed by atoms with Crippen molar-refractivity contribution in [3.63, 3.8) is 0 Å². The molecule has 1 aromatic heterocycles. The zero-order valence-corrected chi connectivity index (χ0v) is 12.1. The van der Waals surface area contributed by atoms with Gasteiger partial charge in [0.1, 0.15) is 5.69 Å². The predicted octanol–water partition coefficient (Wildman–Crippen LogP) is 2.02. The summed E-state index contributed by atoms with van der Waals surface area (Å²) in [7, 11) is 0. The van der Waals surface area contributed by atoms with Gasteiger partial charge in [-0.1, -0.05) is 30.3 Å². The minimum absolute atomic E-state index is 0.0182. The van der Waals surface area contributed by atoms with E-state index in [0.29, 0.717) is 0 Å². The zero-order valence-electron chi connectivity index (χ0n) is 12.1. The molecule has 1 unspecified atom stereocenters. The van der Waals surface area contributed by atoms with E-state index in [4.69, 9.17) is 0 Å². The highest BCUT2D eigenvalue weighted by atomic mass is 16.2. The van der Waals surface area contributed by atoms with E-state index in [1.54, 1.807) is 0 Å². The molecule has 0 bridgehead atoms. The third-order valence-corrected chi connectivity index (χ3v) is 3.89. The summed E-state index contributed by atoms with van der Waals surface area (Å²) in [6.45, 7) is 2.64. The lowest BCUT2D eigenvalue weighted by atomic mass is 10.1. The Balaban J connectivity index is 1.68. The normalized spacial score (nSPS) is 18.4. The van der Waals surface area contributed by atoms with Crippen molar-refractivity contribution in [2.24, 2.45) is 0 Å². The second-order valence-corrected chi connectivity index (χ2v) is 5.52.